The summed E-state index contributed by atoms with van der Waals surface area (Å²) in [5.41, 5.74) is 0.235. The molecule has 8 heteroatoms. The van der Waals surface area contributed by atoms with E-state index >= 15 is 0 Å². The van der Waals surface area contributed by atoms with Gasteiger partial charge in [0.05, 0.1) is 18.4 Å². The van der Waals surface area contributed by atoms with Gasteiger partial charge in [0.2, 0.25) is 5.91 Å². The maximum absolute atomic E-state index is 11.8. The third kappa shape index (κ3) is 4.48. The molecular formula is C10H11F3N2O3. The number of rotatable bonds is 4. The highest BCUT2D eigenvalue weighted by Gasteiger charge is 2.27. The molecule has 1 aromatic heterocycles. The molecule has 1 aromatic rings. The highest BCUT2D eigenvalue weighted by atomic mass is 19.4. The summed E-state index contributed by atoms with van der Waals surface area (Å²) in [7, 11) is 0. The first kappa shape index (κ1) is 14.1. The molecule has 0 atom stereocenters. The third-order valence-electron chi connectivity index (χ3n) is 2.00. The van der Waals surface area contributed by atoms with Crippen molar-refractivity contribution in [3.8, 4) is 0 Å². The second-order valence-electron chi connectivity index (χ2n) is 3.47. The molecule has 0 saturated carbocycles. The van der Waals surface area contributed by atoms with Crippen molar-refractivity contribution in [3.05, 3.63) is 23.7 Å². The van der Waals surface area contributed by atoms with E-state index in [9.17, 15) is 22.8 Å². The Hall–Kier alpha value is -1.99. The molecule has 0 aromatic carbocycles. The number of carbonyl (C=O) groups excluding carboxylic acids is 2. The van der Waals surface area contributed by atoms with Gasteiger partial charge < -0.3 is 15.1 Å². The zero-order valence-electron chi connectivity index (χ0n) is 9.43. The van der Waals surface area contributed by atoms with E-state index in [2.05, 4.69) is 5.32 Å². The number of hydrogen-bond donors (Lipinski definition) is 2. The molecule has 0 unspecified atom stereocenters. The largest absolute Gasteiger partial charge is 0.469 e. The van der Waals surface area contributed by atoms with Crippen LogP contribution in [0.25, 0.3) is 0 Å². The number of furan rings is 1. The lowest BCUT2D eigenvalue weighted by molar-refractivity contribution is -0.137. The first-order valence-electron chi connectivity index (χ1n) is 4.95. The van der Waals surface area contributed by atoms with Gasteiger partial charge in [0.15, 0.2) is 0 Å². The van der Waals surface area contributed by atoms with Gasteiger partial charge in [0.25, 0.3) is 5.91 Å². The smallest absolute Gasteiger partial charge is 0.405 e. The summed E-state index contributed by atoms with van der Waals surface area (Å²) < 4.78 is 40.2. The lowest BCUT2D eigenvalue weighted by Gasteiger charge is -2.08. The zero-order valence-corrected chi connectivity index (χ0v) is 9.43. The lowest BCUT2D eigenvalue weighted by Crippen LogP contribution is -2.40. The molecule has 18 heavy (non-hydrogen) atoms. The van der Waals surface area contributed by atoms with Crippen LogP contribution in [0.2, 0.25) is 0 Å². The zero-order chi connectivity index (χ0) is 13.8. The van der Waals surface area contributed by atoms with Crippen LogP contribution in [0.15, 0.2) is 16.7 Å². The molecule has 0 aliphatic heterocycles. The van der Waals surface area contributed by atoms with E-state index in [0.29, 0.717) is 5.76 Å². The van der Waals surface area contributed by atoms with Gasteiger partial charge in [-0.2, -0.15) is 13.2 Å². The second kappa shape index (κ2) is 5.56. The number of halogens is 3. The third-order valence-corrected chi connectivity index (χ3v) is 2.00. The Morgan fingerprint density at radius 2 is 2.00 bits per heavy atom. The molecule has 100 valence electrons. The molecular weight excluding hydrogens is 253 g/mol. The highest BCUT2D eigenvalue weighted by Crippen LogP contribution is 2.12. The van der Waals surface area contributed by atoms with Crippen molar-refractivity contribution in [2.24, 2.45) is 0 Å². The first-order valence-corrected chi connectivity index (χ1v) is 4.95. The fourth-order valence-electron chi connectivity index (χ4n) is 1.14. The van der Waals surface area contributed by atoms with E-state index in [1.54, 1.807) is 12.2 Å². The molecule has 0 saturated heterocycles. The first-order chi connectivity index (χ1) is 8.29. The summed E-state index contributed by atoms with van der Waals surface area (Å²) in [6.45, 7) is -0.398. The number of alkyl halides is 3. The maximum atomic E-state index is 11.8. The van der Waals surface area contributed by atoms with Crippen LogP contribution < -0.4 is 10.6 Å². The summed E-state index contributed by atoms with van der Waals surface area (Å²) in [6.07, 6.45) is -3.17. The minimum absolute atomic E-state index is 0.235. The van der Waals surface area contributed by atoms with E-state index in [0.717, 1.165) is 0 Å². The van der Waals surface area contributed by atoms with Crippen LogP contribution in [0.3, 0.4) is 0 Å². The minimum Gasteiger partial charge on any atom is -0.469 e. The topological polar surface area (TPSA) is 71.3 Å². The molecule has 0 aliphatic rings. The van der Waals surface area contributed by atoms with Crippen molar-refractivity contribution in [1.82, 2.24) is 10.6 Å². The Labute approximate surface area is 100 Å². The number of amides is 2. The Morgan fingerprint density at radius 1 is 1.33 bits per heavy atom. The van der Waals surface area contributed by atoms with Crippen LogP contribution in [0.4, 0.5) is 13.2 Å². The minimum atomic E-state index is -4.47. The van der Waals surface area contributed by atoms with Gasteiger partial charge in [-0.15, -0.1) is 0 Å². The van der Waals surface area contributed by atoms with Crippen LogP contribution in [0, 0.1) is 6.92 Å². The average molecular weight is 264 g/mol. The average Bonchev–Trinajstić information content (AvgIpc) is 2.68. The molecule has 1 heterocycles. The number of hydrogen-bond acceptors (Lipinski definition) is 3. The molecule has 2 N–H and O–H groups in total. The molecule has 0 fully saturated rings. The van der Waals surface area contributed by atoms with Crippen molar-refractivity contribution in [1.29, 1.82) is 0 Å². The van der Waals surface area contributed by atoms with Gasteiger partial charge >= 0.3 is 6.18 Å². The Kier molecular flexibility index (Phi) is 4.35. The van der Waals surface area contributed by atoms with Crippen LogP contribution >= 0.6 is 0 Å². The SMILES string of the molecule is Cc1occc1C(=O)NCC(=O)NCC(F)(F)F. The van der Waals surface area contributed by atoms with Gasteiger partial charge in [-0.05, 0) is 13.0 Å². The summed E-state index contributed by atoms with van der Waals surface area (Å²) in [6, 6.07) is 1.40. The fraction of sp³-hybridized carbons (Fsp3) is 0.400. The maximum Gasteiger partial charge on any atom is 0.405 e. The monoisotopic (exact) mass is 264 g/mol. The van der Waals surface area contributed by atoms with E-state index < -0.39 is 31.1 Å². The van der Waals surface area contributed by atoms with Gasteiger partial charge in [0, 0.05) is 0 Å². The van der Waals surface area contributed by atoms with Crippen LogP contribution in [0.1, 0.15) is 16.1 Å². The van der Waals surface area contributed by atoms with Crippen molar-refractivity contribution in [2.45, 2.75) is 13.1 Å². The van der Waals surface area contributed by atoms with Crippen molar-refractivity contribution < 1.29 is 27.2 Å². The van der Waals surface area contributed by atoms with Crippen LogP contribution in [-0.4, -0.2) is 31.1 Å². The fourth-order valence-corrected chi connectivity index (χ4v) is 1.14. The van der Waals surface area contributed by atoms with E-state index in [4.69, 9.17) is 4.42 Å². The Balaban J connectivity index is 2.35. The molecule has 2 amide bonds. The molecule has 0 radical (unpaired) electrons. The molecule has 0 spiro atoms. The summed E-state index contributed by atoms with van der Waals surface area (Å²) in [4.78, 5) is 22.5. The van der Waals surface area contributed by atoms with Crippen molar-refractivity contribution in [3.63, 3.8) is 0 Å². The molecule has 1 rings (SSSR count). The Morgan fingerprint density at radius 3 is 2.50 bits per heavy atom. The van der Waals surface area contributed by atoms with Crippen molar-refractivity contribution >= 4 is 11.8 Å². The second-order valence-corrected chi connectivity index (χ2v) is 3.47. The lowest BCUT2D eigenvalue weighted by atomic mass is 10.2. The molecule has 0 bridgehead atoms. The molecule has 0 aliphatic carbocycles. The van der Waals surface area contributed by atoms with E-state index in [1.165, 1.54) is 12.3 Å². The standard InChI is InChI=1S/C10H11F3N2O3/c1-6-7(2-3-18-6)9(17)14-4-8(16)15-5-10(11,12)13/h2-3H,4-5H2,1H3,(H,14,17)(H,15,16). The molecule has 5 nitrogen and oxygen atoms in total. The predicted molar refractivity (Wildman–Crippen MR) is 54.8 cm³/mol. The number of aryl methyl sites for hydroxylation is 1. The van der Waals surface area contributed by atoms with E-state index in [1.807, 2.05) is 0 Å². The number of nitrogens with one attached hydrogen (secondary N) is 2. The van der Waals surface area contributed by atoms with Gasteiger partial charge in [-0.25, -0.2) is 0 Å². The van der Waals surface area contributed by atoms with Gasteiger partial charge in [-0.1, -0.05) is 0 Å². The van der Waals surface area contributed by atoms with Gasteiger partial charge in [-0.3, -0.25) is 9.59 Å². The van der Waals surface area contributed by atoms with Crippen LogP contribution in [-0.2, 0) is 4.79 Å². The Bertz CT molecular complexity index is 440. The van der Waals surface area contributed by atoms with E-state index in [-0.39, 0.29) is 5.56 Å². The predicted octanol–water partition coefficient (Wildman–Crippen LogP) is 0.996. The summed E-state index contributed by atoms with van der Waals surface area (Å²) in [5.74, 6) is -1.13. The summed E-state index contributed by atoms with van der Waals surface area (Å²) in [5, 5.41) is 3.82. The van der Waals surface area contributed by atoms with Crippen molar-refractivity contribution in [2.75, 3.05) is 13.1 Å². The van der Waals surface area contributed by atoms with Gasteiger partial charge in [0.1, 0.15) is 12.3 Å². The normalized spacial score (nSPS) is 11.1. The highest BCUT2D eigenvalue weighted by molar-refractivity contribution is 5.97. The number of carbonyl (C=O) groups is 2. The summed E-state index contributed by atoms with van der Waals surface area (Å²) >= 11 is 0. The quantitative estimate of drug-likeness (QED) is 0.852. The van der Waals surface area contributed by atoms with Crippen LogP contribution in [0.5, 0.6) is 0 Å².